The summed E-state index contributed by atoms with van der Waals surface area (Å²) in [6.45, 7) is 2.67. The lowest BCUT2D eigenvalue weighted by Gasteiger charge is -2.16. The predicted molar refractivity (Wildman–Crippen MR) is 105 cm³/mol. The number of imide groups is 1. The van der Waals surface area contributed by atoms with Crippen molar-refractivity contribution in [2.24, 2.45) is 0 Å². The smallest absolute Gasteiger partial charge is 0.338 e. The van der Waals surface area contributed by atoms with Crippen molar-refractivity contribution in [3.05, 3.63) is 29.8 Å². The maximum absolute atomic E-state index is 12.2. The van der Waals surface area contributed by atoms with Gasteiger partial charge in [-0.05, 0) is 56.9 Å². The highest BCUT2D eigenvalue weighted by Crippen LogP contribution is 2.18. The summed E-state index contributed by atoms with van der Waals surface area (Å²) in [5, 5.41) is 4.97. The van der Waals surface area contributed by atoms with E-state index in [4.69, 9.17) is 14.2 Å². The lowest BCUT2D eigenvalue weighted by atomic mass is 10.2. The number of ether oxygens (including phenoxy) is 3. The number of nitrogens with one attached hydrogen (secondary N) is 2. The molecular weight excluding hydrogens is 376 g/mol. The normalized spacial score (nSPS) is 20.1. The van der Waals surface area contributed by atoms with Crippen molar-refractivity contribution < 1.29 is 28.6 Å². The fourth-order valence-electron chi connectivity index (χ4n) is 3.44. The van der Waals surface area contributed by atoms with E-state index in [1.807, 2.05) is 0 Å². The molecule has 0 bridgehead atoms. The third-order valence-electron chi connectivity index (χ3n) is 5.13. The molecule has 0 spiro atoms. The molecule has 1 aliphatic carbocycles. The standard InChI is InChI=1S/C21H28N2O6/c1-14(19(24)23-21(26)22-16-5-2-3-6-16)29-20(25)15-8-10-17(11-9-15)28-13-18-7-4-12-27-18/h8-11,14,16,18H,2-7,12-13H2,1H3,(H2,22,23,24,26)/t14-,18-/m0/s1. The Hall–Kier alpha value is -2.61. The van der Waals surface area contributed by atoms with E-state index in [2.05, 4.69) is 10.6 Å². The molecule has 1 aliphatic heterocycles. The monoisotopic (exact) mass is 404 g/mol. The zero-order valence-electron chi connectivity index (χ0n) is 16.6. The predicted octanol–water partition coefficient (Wildman–Crippen LogP) is 2.56. The topological polar surface area (TPSA) is 103 Å². The number of benzene rings is 1. The number of carbonyl (C=O) groups is 3. The van der Waals surface area contributed by atoms with E-state index in [9.17, 15) is 14.4 Å². The maximum Gasteiger partial charge on any atom is 0.338 e. The van der Waals surface area contributed by atoms with Crippen LogP contribution in [-0.4, -0.2) is 49.4 Å². The minimum Gasteiger partial charge on any atom is -0.491 e. The van der Waals surface area contributed by atoms with Gasteiger partial charge in [-0.1, -0.05) is 12.8 Å². The van der Waals surface area contributed by atoms with Crippen LogP contribution in [0.2, 0.25) is 0 Å². The number of amides is 3. The first kappa shape index (κ1) is 21.1. The molecule has 2 aliphatic rings. The van der Waals surface area contributed by atoms with Crippen LogP contribution < -0.4 is 15.4 Å². The summed E-state index contributed by atoms with van der Waals surface area (Å²) in [5.74, 6) is -0.675. The van der Waals surface area contributed by atoms with Gasteiger partial charge < -0.3 is 19.5 Å². The van der Waals surface area contributed by atoms with Crippen LogP contribution in [0.25, 0.3) is 0 Å². The van der Waals surface area contributed by atoms with Gasteiger partial charge in [-0.2, -0.15) is 0 Å². The van der Waals surface area contributed by atoms with Gasteiger partial charge in [-0.25, -0.2) is 9.59 Å². The van der Waals surface area contributed by atoms with E-state index in [0.717, 1.165) is 45.1 Å². The van der Waals surface area contributed by atoms with Crippen molar-refractivity contribution in [1.82, 2.24) is 10.6 Å². The van der Waals surface area contributed by atoms with Crippen LogP contribution in [0.4, 0.5) is 4.79 Å². The second-order valence-corrected chi connectivity index (χ2v) is 7.46. The average Bonchev–Trinajstić information content (AvgIpc) is 3.40. The number of hydrogen-bond donors (Lipinski definition) is 2. The number of rotatable bonds is 7. The van der Waals surface area contributed by atoms with Crippen LogP contribution in [0.15, 0.2) is 24.3 Å². The minimum absolute atomic E-state index is 0.0987. The van der Waals surface area contributed by atoms with Crippen molar-refractivity contribution in [2.75, 3.05) is 13.2 Å². The van der Waals surface area contributed by atoms with Crippen LogP contribution in [0.5, 0.6) is 5.75 Å². The van der Waals surface area contributed by atoms with Gasteiger partial charge in [0.2, 0.25) is 0 Å². The number of hydrogen-bond acceptors (Lipinski definition) is 6. The highest BCUT2D eigenvalue weighted by molar-refractivity contribution is 5.98. The fraction of sp³-hybridized carbons (Fsp3) is 0.571. The van der Waals surface area contributed by atoms with Crippen LogP contribution >= 0.6 is 0 Å². The molecule has 0 aromatic heterocycles. The molecular formula is C21H28N2O6. The molecule has 1 heterocycles. The van der Waals surface area contributed by atoms with Crippen LogP contribution in [0, 0.1) is 0 Å². The van der Waals surface area contributed by atoms with Crippen molar-refractivity contribution in [1.29, 1.82) is 0 Å². The molecule has 2 fully saturated rings. The zero-order valence-corrected chi connectivity index (χ0v) is 16.6. The van der Waals surface area contributed by atoms with Gasteiger partial charge in [-0.3, -0.25) is 10.1 Å². The summed E-state index contributed by atoms with van der Waals surface area (Å²) in [4.78, 5) is 36.2. The Labute approximate surface area is 170 Å². The second-order valence-electron chi connectivity index (χ2n) is 7.46. The number of urea groups is 1. The molecule has 8 heteroatoms. The summed E-state index contributed by atoms with van der Waals surface area (Å²) >= 11 is 0. The third kappa shape index (κ3) is 6.45. The van der Waals surface area contributed by atoms with E-state index in [0.29, 0.717) is 17.9 Å². The molecule has 1 saturated heterocycles. The zero-order chi connectivity index (χ0) is 20.6. The van der Waals surface area contributed by atoms with Gasteiger partial charge in [-0.15, -0.1) is 0 Å². The summed E-state index contributed by atoms with van der Waals surface area (Å²) in [5.41, 5.74) is 0.296. The Balaban J connectivity index is 1.41. The molecule has 2 N–H and O–H groups in total. The van der Waals surface area contributed by atoms with Gasteiger partial charge in [0.25, 0.3) is 5.91 Å². The van der Waals surface area contributed by atoms with E-state index < -0.39 is 24.0 Å². The SMILES string of the molecule is C[C@H](OC(=O)c1ccc(OC[C@@H]2CCCO2)cc1)C(=O)NC(=O)NC1CCCC1. The average molecular weight is 404 g/mol. The lowest BCUT2D eigenvalue weighted by molar-refractivity contribution is -0.127. The minimum atomic E-state index is -1.09. The van der Waals surface area contributed by atoms with E-state index in [1.54, 1.807) is 24.3 Å². The highest BCUT2D eigenvalue weighted by atomic mass is 16.5. The molecule has 3 rings (SSSR count). The largest absolute Gasteiger partial charge is 0.491 e. The van der Waals surface area contributed by atoms with Crippen LogP contribution in [0.3, 0.4) is 0 Å². The second kappa shape index (κ2) is 10.2. The first-order valence-corrected chi connectivity index (χ1v) is 10.2. The summed E-state index contributed by atoms with van der Waals surface area (Å²) in [6, 6.07) is 6.03. The molecule has 2 atom stereocenters. The molecule has 158 valence electrons. The van der Waals surface area contributed by atoms with Crippen LogP contribution in [-0.2, 0) is 14.3 Å². The maximum atomic E-state index is 12.2. The van der Waals surface area contributed by atoms with Crippen LogP contribution in [0.1, 0.15) is 55.8 Å². The first-order chi connectivity index (χ1) is 14.0. The van der Waals surface area contributed by atoms with Gasteiger partial charge in [0.05, 0.1) is 11.7 Å². The summed E-state index contributed by atoms with van der Waals surface area (Å²) in [6.07, 6.45) is 5.04. The Kier molecular flexibility index (Phi) is 7.46. The highest BCUT2D eigenvalue weighted by Gasteiger charge is 2.23. The van der Waals surface area contributed by atoms with E-state index in [-0.39, 0.29) is 12.1 Å². The Morgan fingerprint density at radius 1 is 1.10 bits per heavy atom. The summed E-state index contributed by atoms with van der Waals surface area (Å²) in [7, 11) is 0. The first-order valence-electron chi connectivity index (χ1n) is 10.2. The van der Waals surface area contributed by atoms with E-state index >= 15 is 0 Å². The van der Waals surface area contributed by atoms with Crippen molar-refractivity contribution in [2.45, 2.75) is 63.7 Å². The Bertz CT molecular complexity index is 708. The third-order valence-corrected chi connectivity index (χ3v) is 5.13. The molecule has 1 aromatic carbocycles. The van der Waals surface area contributed by atoms with Gasteiger partial charge in [0.1, 0.15) is 12.4 Å². The van der Waals surface area contributed by atoms with Gasteiger partial charge >= 0.3 is 12.0 Å². The van der Waals surface area contributed by atoms with Gasteiger partial charge in [0, 0.05) is 12.6 Å². The molecule has 29 heavy (non-hydrogen) atoms. The number of carbonyl (C=O) groups excluding carboxylic acids is 3. The quantitative estimate of drug-likeness (QED) is 0.677. The summed E-state index contributed by atoms with van der Waals surface area (Å²) < 4.78 is 16.3. The molecule has 1 aromatic rings. The lowest BCUT2D eigenvalue weighted by Crippen LogP contribution is -2.47. The Morgan fingerprint density at radius 2 is 1.83 bits per heavy atom. The fourth-order valence-corrected chi connectivity index (χ4v) is 3.44. The number of esters is 1. The molecule has 1 saturated carbocycles. The van der Waals surface area contributed by atoms with E-state index in [1.165, 1.54) is 6.92 Å². The van der Waals surface area contributed by atoms with Crippen molar-refractivity contribution >= 4 is 17.9 Å². The van der Waals surface area contributed by atoms with Crippen molar-refractivity contribution in [3.8, 4) is 5.75 Å². The Morgan fingerprint density at radius 3 is 2.48 bits per heavy atom. The molecule has 3 amide bonds. The molecule has 8 nitrogen and oxygen atoms in total. The van der Waals surface area contributed by atoms with Crippen molar-refractivity contribution in [3.63, 3.8) is 0 Å². The van der Waals surface area contributed by atoms with Gasteiger partial charge in [0.15, 0.2) is 6.10 Å². The molecule has 0 radical (unpaired) electrons. The molecule has 0 unspecified atom stereocenters.